The summed E-state index contributed by atoms with van der Waals surface area (Å²) in [5, 5.41) is 2.40. The molecule has 0 aliphatic carbocycles. The van der Waals surface area contributed by atoms with Crippen molar-refractivity contribution in [2.24, 2.45) is 0 Å². The Morgan fingerprint density at radius 2 is 2.09 bits per heavy atom. The summed E-state index contributed by atoms with van der Waals surface area (Å²) in [6, 6.07) is 8.40. The van der Waals surface area contributed by atoms with Gasteiger partial charge in [0, 0.05) is 17.3 Å². The zero-order chi connectivity index (χ0) is 16.1. The number of ether oxygens (including phenoxy) is 1. The third-order valence-electron chi connectivity index (χ3n) is 2.80. The number of carbonyl (C=O) groups is 1. The highest BCUT2D eigenvalue weighted by atomic mass is 35.5. The number of benzene rings is 2. The number of amides is 1. The number of hydrogen-bond acceptors (Lipinski definition) is 2. The number of halogens is 3. The van der Waals surface area contributed by atoms with Gasteiger partial charge in [0.2, 0.25) is 5.91 Å². The van der Waals surface area contributed by atoms with Gasteiger partial charge in [-0.3, -0.25) is 4.79 Å². The predicted octanol–water partition coefficient (Wildman–Crippen LogP) is 4.32. The summed E-state index contributed by atoms with van der Waals surface area (Å²) in [5.41, 5.74) is 0.486. The molecule has 2 aromatic carbocycles. The van der Waals surface area contributed by atoms with Crippen LogP contribution >= 0.6 is 11.6 Å². The smallest absolute Gasteiger partial charge is 0.247 e. The summed E-state index contributed by atoms with van der Waals surface area (Å²) >= 11 is 5.66. The van der Waals surface area contributed by atoms with Crippen molar-refractivity contribution >= 4 is 23.2 Å². The highest BCUT2D eigenvalue weighted by molar-refractivity contribution is 6.30. The van der Waals surface area contributed by atoms with Crippen LogP contribution < -0.4 is 10.1 Å². The van der Waals surface area contributed by atoms with Crippen molar-refractivity contribution in [2.45, 2.75) is 6.61 Å². The molecular weight excluding hydrogens is 312 g/mol. The van der Waals surface area contributed by atoms with E-state index >= 15 is 0 Å². The fourth-order valence-corrected chi connectivity index (χ4v) is 1.90. The van der Waals surface area contributed by atoms with Gasteiger partial charge in [-0.2, -0.15) is 0 Å². The number of hydrogen-bond donors (Lipinski definition) is 1. The second-order valence-corrected chi connectivity index (χ2v) is 4.75. The van der Waals surface area contributed by atoms with Gasteiger partial charge in [0.05, 0.1) is 5.02 Å². The first-order chi connectivity index (χ1) is 10.5. The van der Waals surface area contributed by atoms with E-state index in [1.165, 1.54) is 24.3 Å². The van der Waals surface area contributed by atoms with Crippen molar-refractivity contribution in [3.63, 3.8) is 0 Å². The quantitative estimate of drug-likeness (QED) is 0.832. The van der Waals surface area contributed by atoms with Crippen molar-refractivity contribution < 1.29 is 18.3 Å². The molecule has 6 heteroatoms. The van der Waals surface area contributed by atoms with E-state index in [1.54, 1.807) is 6.07 Å². The van der Waals surface area contributed by atoms with Gasteiger partial charge in [-0.05, 0) is 24.3 Å². The van der Waals surface area contributed by atoms with Crippen LogP contribution in [0.2, 0.25) is 5.02 Å². The van der Waals surface area contributed by atoms with Crippen LogP contribution in [0, 0.1) is 11.6 Å². The second-order valence-electron chi connectivity index (χ2n) is 4.34. The summed E-state index contributed by atoms with van der Waals surface area (Å²) in [6.45, 7) is 3.13. The Morgan fingerprint density at radius 1 is 1.32 bits per heavy atom. The van der Waals surface area contributed by atoms with Crippen LogP contribution in [0.25, 0.3) is 0 Å². The topological polar surface area (TPSA) is 38.3 Å². The monoisotopic (exact) mass is 323 g/mol. The van der Waals surface area contributed by atoms with Crippen molar-refractivity contribution in [2.75, 3.05) is 5.32 Å². The van der Waals surface area contributed by atoms with E-state index in [0.717, 1.165) is 12.1 Å². The van der Waals surface area contributed by atoms with Gasteiger partial charge in [0.1, 0.15) is 12.4 Å². The molecule has 0 bridgehead atoms. The minimum Gasteiger partial charge on any atom is -0.486 e. The Morgan fingerprint density at radius 3 is 2.77 bits per heavy atom. The molecule has 0 unspecified atom stereocenters. The molecule has 0 saturated heterocycles. The molecule has 0 heterocycles. The maximum absolute atomic E-state index is 13.9. The maximum Gasteiger partial charge on any atom is 0.247 e. The molecule has 0 fully saturated rings. The minimum atomic E-state index is -0.677. The Labute approximate surface area is 131 Å². The van der Waals surface area contributed by atoms with Gasteiger partial charge >= 0.3 is 0 Å². The highest BCUT2D eigenvalue weighted by Crippen LogP contribution is 2.24. The molecule has 2 aromatic rings. The largest absolute Gasteiger partial charge is 0.486 e. The Bertz CT molecular complexity index is 719. The van der Waals surface area contributed by atoms with E-state index in [9.17, 15) is 13.6 Å². The molecule has 3 nitrogen and oxygen atoms in total. The molecule has 2 rings (SSSR count). The lowest BCUT2D eigenvalue weighted by Crippen LogP contribution is -2.07. The fourth-order valence-electron chi connectivity index (χ4n) is 1.70. The van der Waals surface area contributed by atoms with Crippen LogP contribution in [0.4, 0.5) is 14.5 Å². The molecule has 0 atom stereocenters. The summed E-state index contributed by atoms with van der Waals surface area (Å²) in [7, 11) is 0. The van der Waals surface area contributed by atoms with Crippen molar-refractivity contribution in [3.8, 4) is 5.75 Å². The number of carbonyl (C=O) groups excluding carboxylic acids is 1. The van der Waals surface area contributed by atoms with Crippen LogP contribution in [0.5, 0.6) is 5.75 Å². The van der Waals surface area contributed by atoms with Gasteiger partial charge in [-0.25, -0.2) is 8.78 Å². The molecule has 1 amide bonds. The number of rotatable bonds is 5. The molecule has 0 aromatic heterocycles. The second kappa shape index (κ2) is 7.04. The van der Waals surface area contributed by atoms with Gasteiger partial charge in [-0.1, -0.05) is 30.3 Å². The lowest BCUT2D eigenvalue weighted by atomic mass is 10.2. The van der Waals surface area contributed by atoms with Crippen molar-refractivity contribution in [1.29, 1.82) is 0 Å². The van der Waals surface area contributed by atoms with Crippen LogP contribution in [-0.2, 0) is 11.4 Å². The van der Waals surface area contributed by atoms with E-state index in [-0.39, 0.29) is 28.6 Å². The van der Waals surface area contributed by atoms with E-state index in [1.807, 2.05) is 0 Å². The van der Waals surface area contributed by atoms with Crippen LogP contribution in [0.3, 0.4) is 0 Å². The lowest BCUT2D eigenvalue weighted by Gasteiger charge is -2.10. The first kappa shape index (κ1) is 16.0. The molecule has 0 radical (unpaired) electrons. The number of nitrogens with one attached hydrogen (secondary N) is 1. The van der Waals surface area contributed by atoms with Gasteiger partial charge in [0.25, 0.3) is 0 Å². The zero-order valence-electron chi connectivity index (χ0n) is 11.4. The van der Waals surface area contributed by atoms with E-state index in [4.69, 9.17) is 16.3 Å². The Hall–Kier alpha value is -2.40. The third kappa shape index (κ3) is 3.83. The standard InChI is InChI=1S/C16H12ClF2NO2/c1-2-15(21)20-11-6-7-14(13(18)8-11)22-9-10-4-3-5-12(17)16(10)19/h2-8H,1,9H2,(H,20,21). The van der Waals surface area contributed by atoms with Crippen LogP contribution in [0.15, 0.2) is 49.1 Å². The van der Waals surface area contributed by atoms with E-state index < -0.39 is 17.5 Å². The third-order valence-corrected chi connectivity index (χ3v) is 3.09. The van der Waals surface area contributed by atoms with Crippen molar-refractivity contribution in [1.82, 2.24) is 0 Å². The average Bonchev–Trinajstić information content (AvgIpc) is 2.50. The zero-order valence-corrected chi connectivity index (χ0v) is 12.2. The first-order valence-corrected chi connectivity index (χ1v) is 6.67. The number of anilines is 1. The van der Waals surface area contributed by atoms with Crippen molar-refractivity contribution in [3.05, 3.63) is 71.3 Å². The molecule has 1 N–H and O–H groups in total. The Kier molecular flexibility index (Phi) is 5.12. The van der Waals surface area contributed by atoms with Gasteiger partial charge in [0.15, 0.2) is 11.6 Å². The average molecular weight is 324 g/mol. The summed E-state index contributed by atoms with van der Waals surface area (Å²) < 4.78 is 32.8. The predicted molar refractivity (Wildman–Crippen MR) is 81.0 cm³/mol. The molecule has 0 saturated carbocycles. The fraction of sp³-hybridized carbons (Fsp3) is 0.0625. The summed E-state index contributed by atoms with van der Waals surface area (Å²) in [6.07, 6.45) is 1.07. The lowest BCUT2D eigenvalue weighted by molar-refractivity contribution is -0.111. The highest BCUT2D eigenvalue weighted by Gasteiger charge is 2.10. The maximum atomic E-state index is 13.9. The molecule has 0 aliphatic heterocycles. The van der Waals surface area contributed by atoms with Gasteiger partial charge < -0.3 is 10.1 Å². The SMILES string of the molecule is C=CC(=O)Nc1ccc(OCc2cccc(Cl)c2F)c(F)c1. The normalized spacial score (nSPS) is 10.1. The molecule has 0 aliphatic rings. The molecule has 114 valence electrons. The first-order valence-electron chi connectivity index (χ1n) is 6.30. The van der Waals surface area contributed by atoms with E-state index in [0.29, 0.717) is 0 Å². The van der Waals surface area contributed by atoms with Gasteiger partial charge in [-0.15, -0.1) is 0 Å². The molecular formula is C16H12ClF2NO2. The summed E-state index contributed by atoms with van der Waals surface area (Å²) in [5.74, 6) is -1.78. The minimum absolute atomic E-state index is 0.0240. The Balaban J connectivity index is 2.09. The van der Waals surface area contributed by atoms with Crippen LogP contribution in [-0.4, -0.2) is 5.91 Å². The molecule has 0 spiro atoms. The molecule has 22 heavy (non-hydrogen) atoms. The summed E-state index contributed by atoms with van der Waals surface area (Å²) in [4.78, 5) is 11.1. The van der Waals surface area contributed by atoms with Crippen LogP contribution in [0.1, 0.15) is 5.56 Å². The van der Waals surface area contributed by atoms with E-state index in [2.05, 4.69) is 11.9 Å².